The smallest absolute Gasteiger partial charge is 0.235 e. The summed E-state index contributed by atoms with van der Waals surface area (Å²) in [5.41, 5.74) is 2.81. The largest absolute Gasteiger partial charge is 0.488 e. The third-order valence-electron chi connectivity index (χ3n) is 3.62. The lowest BCUT2D eigenvalue weighted by molar-refractivity contribution is -0.400. The zero-order chi connectivity index (χ0) is 16.2. The summed E-state index contributed by atoms with van der Waals surface area (Å²) in [7, 11) is 1.91. The van der Waals surface area contributed by atoms with Crippen LogP contribution >= 0.6 is 0 Å². The minimum absolute atomic E-state index is 0.452. The van der Waals surface area contributed by atoms with Gasteiger partial charge in [-0.25, -0.2) is 0 Å². The molecule has 0 aliphatic carbocycles. The zero-order valence-corrected chi connectivity index (χ0v) is 12.7. The van der Waals surface area contributed by atoms with Crippen LogP contribution in [0.15, 0.2) is 60.9 Å². The Labute approximate surface area is 133 Å². The Morgan fingerprint density at radius 2 is 1.96 bits per heavy atom. The number of benzene rings is 2. The maximum atomic E-state index is 10.6. The molecule has 5 heteroatoms. The molecule has 0 amide bonds. The lowest BCUT2D eigenvalue weighted by Gasteiger charge is -2.08. The number of aryl methyl sites for hydroxylation is 1. The van der Waals surface area contributed by atoms with Crippen LogP contribution in [0.5, 0.6) is 5.75 Å². The number of rotatable bonds is 5. The zero-order valence-electron chi connectivity index (χ0n) is 12.7. The van der Waals surface area contributed by atoms with Crippen molar-refractivity contribution in [2.75, 3.05) is 0 Å². The van der Waals surface area contributed by atoms with Crippen LogP contribution < -0.4 is 4.74 Å². The molecule has 23 heavy (non-hydrogen) atoms. The Hall–Kier alpha value is -3.08. The Kier molecular flexibility index (Phi) is 4.10. The topological polar surface area (TPSA) is 57.3 Å². The third-order valence-corrected chi connectivity index (χ3v) is 3.62. The molecule has 0 spiro atoms. The average molecular weight is 308 g/mol. The van der Waals surface area contributed by atoms with Crippen LogP contribution in [0.4, 0.5) is 0 Å². The molecular formula is C18H16N2O3. The molecule has 0 radical (unpaired) electrons. The second-order valence-electron chi connectivity index (χ2n) is 5.22. The van der Waals surface area contributed by atoms with Gasteiger partial charge in [-0.05, 0) is 17.7 Å². The number of aromatic nitrogens is 1. The number of nitrogens with zero attached hydrogens (tertiary/aromatic N) is 2. The van der Waals surface area contributed by atoms with Gasteiger partial charge in [0.25, 0.3) is 0 Å². The second-order valence-corrected chi connectivity index (χ2v) is 5.22. The van der Waals surface area contributed by atoms with Crippen LogP contribution in [0.25, 0.3) is 17.0 Å². The van der Waals surface area contributed by atoms with Crippen molar-refractivity contribution >= 4 is 17.0 Å². The van der Waals surface area contributed by atoms with Crippen molar-refractivity contribution < 1.29 is 9.66 Å². The molecule has 0 fully saturated rings. The average Bonchev–Trinajstić information content (AvgIpc) is 2.89. The van der Waals surface area contributed by atoms with E-state index >= 15 is 0 Å². The molecule has 0 unspecified atom stereocenters. The maximum Gasteiger partial charge on any atom is 0.235 e. The molecule has 0 aliphatic heterocycles. The highest BCUT2D eigenvalue weighted by Crippen LogP contribution is 2.31. The van der Waals surface area contributed by atoms with E-state index in [1.807, 2.05) is 66.3 Å². The van der Waals surface area contributed by atoms with Crippen LogP contribution in [0.3, 0.4) is 0 Å². The first-order valence-corrected chi connectivity index (χ1v) is 7.21. The van der Waals surface area contributed by atoms with E-state index in [0.717, 1.165) is 34.0 Å². The van der Waals surface area contributed by atoms with E-state index in [9.17, 15) is 10.1 Å². The van der Waals surface area contributed by atoms with E-state index in [1.165, 1.54) is 6.08 Å². The summed E-state index contributed by atoms with van der Waals surface area (Å²) in [6, 6.07) is 15.7. The predicted octanol–water partition coefficient (Wildman–Crippen LogP) is 4.00. The number of hydrogen-bond donors (Lipinski definition) is 0. The molecule has 0 saturated heterocycles. The molecule has 3 aromatic rings. The quantitative estimate of drug-likeness (QED) is 0.528. The fourth-order valence-corrected chi connectivity index (χ4v) is 2.57. The van der Waals surface area contributed by atoms with Gasteiger partial charge < -0.3 is 9.30 Å². The molecular weight excluding hydrogens is 292 g/mol. The Balaban J connectivity index is 1.98. The molecule has 1 heterocycles. The first-order chi connectivity index (χ1) is 11.1. The third kappa shape index (κ3) is 3.23. The van der Waals surface area contributed by atoms with Gasteiger partial charge in [-0.1, -0.05) is 36.4 Å². The van der Waals surface area contributed by atoms with Crippen molar-refractivity contribution in [2.45, 2.75) is 6.61 Å². The first kappa shape index (κ1) is 14.8. The number of hydrogen-bond acceptors (Lipinski definition) is 3. The fourth-order valence-electron chi connectivity index (χ4n) is 2.57. The van der Waals surface area contributed by atoms with Crippen molar-refractivity contribution in [1.82, 2.24) is 4.57 Å². The number of fused-ring (bicyclic) bond motifs is 1. The Morgan fingerprint density at radius 3 is 2.70 bits per heavy atom. The lowest BCUT2D eigenvalue weighted by atomic mass is 10.1. The van der Waals surface area contributed by atoms with Gasteiger partial charge >= 0.3 is 0 Å². The van der Waals surface area contributed by atoms with E-state index < -0.39 is 4.92 Å². The highest BCUT2D eigenvalue weighted by Gasteiger charge is 2.11. The molecule has 2 aromatic carbocycles. The molecule has 0 aliphatic rings. The molecule has 5 nitrogen and oxygen atoms in total. The highest BCUT2D eigenvalue weighted by molar-refractivity contribution is 5.94. The molecule has 0 atom stereocenters. The van der Waals surface area contributed by atoms with Gasteiger partial charge in [0.15, 0.2) is 0 Å². The van der Waals surface area contributed by atoms with Crippen molar-refractivity contribution in [3.63, 3.8) is 0 Å². The lowest BCUT2D eigenvalue weighted by Crippen LogP contribution is -1.96. The summed E-state index contributed by atoms with van der Waals surface area (Å²) >= 11 is 0. The van der Waals surface area contributed by atoms with Crippen LogP contribution in [0, 0.1) is 10.1 Å². The molecule has 0 N–H and O–H groups in total. The highest BCUT2D eigenvalue weighted by atomic mass is 16.6. The van der Waals surface area contributed by atoms with Gasteiger partial charge in [0.05, 0.1) is 10.4 Å². The van der Waals surface area contributed by atoms with Crippen molar-refractivity contribution in [1.29, 1.82) is 0 Å². The van der Waals surface area contributed by atoms with E-state index in [1.54, 1.807) is 0 Å². The Morgan fingerprint density at radius 1 is 1.17 bits per heavy atom. The normalized spacial score (nSPS) is 11.2. The Bertz CT molecular complexity index is 867. The molecule has 3 rings (SSSR count). The monoisotopic (exact) mass is 308 g/mol. The number of nitro groups is 1. The van der Waals surface area contributed by atoms with Gasteiger partial charge in [-0.2, -0.15) is 0 Å². The van der Waals surface area contributed by atoms with Crippen LogP contribution in [0.1, 0.15) is 11.1 Å². The minimum Gasteiger partial charge on any atom is -0.488 e. The summed E-state index contributed by atoms with van der Waals surface area (Å²) in [6.45, 7) is 0.452. The van der Waals surface area contributed by atoms with Gasteiger partial charge in [0.2, 0.25) is 6.20 Å². The molecule has 0 bridgehead atoms. The summed E-state index contributed by atoms with van der Waals surface area (Å²) in [4.78, 5) is 10.1. The minimum atomic E-state index is -0.466. The standard InChI is InChI=1S/C18H16N2O3/c1-19-12-15(10-11-20(21)22)18-16(19)8-5-9-17(18)23-13-14-6-3-2-4-7-14/h2-12H,13H2,1H3/b11-10+. The number of ether oxygens (including phenoxy) is 1. The van der Waals surface area contributed by atoms with Crippen LogP contribution in [-0.2, 0) is 13.7 Å². The summed E-state index contributed by atoms with van der Waals surface area (Å²) in [6.07, 6.45) is 4.31. The van der Waals surface area contributed by atoms with Gasteiger partial charge in [0.1, 0.15) is 12.4 Å². The maximum absolute atomic E-state index is 10.6. The SMILES string of the molecule is Cn1cc(/C=C/[N+](=O)[O-])c2c(OCc3ccccc3)cccc21. The van der Waals surface area contributed by atoms with E-state index in [-0.39, 0.29) is 0 Å². The summed E-state index contributed by atoms with van der Waals surface area (Å²) < 4.78 is 7.88. The van der Waals surface area contributed by atoms with Gasteiger partial charge in [-0.3, -0.25) is 10.1 Å². The molecule has 116 valence electrons. The first-order valence-electron chi connectivity index (χ1n) is 7.21. The van der Waals surface area contributed by atoms with E-state index in [2.05, 4.69) is 0 Å². The summed E-state index contributed by atoms with van der Waals surface area (Å²) in [5, 5.41) is 11.5. The predicted molar refractivity (Wildman–Crippen MR) is 89.7 cm³/mol. The van der Waals surface area contributed by atoms with Crippen molar-refractivity contribution in [2.24, 2.45) is 7.05 Å². The van der Waals surface area contributed by atoms with Gasteiger partial charge in [0, 0.05) is 30.3 Å². The molecule has 0 saturated carbocycles. The summed E-state index contributed by atoms with van der Waals surface area (Å²) in [5.74, 6) is 0.718. The van der Waals surface area contributed by atoms with E-state index in [4.69, 9.17) is 4.74 Å². The molecule has 1 aromatic heterocycles. The van der Waals surface area contributed by atoms with Crippen molar-refractivity contribution in [3.8, 4) is 5.75 Å². The van der Waals surface area contributed by atoms with Crippen molar-refractivity contribution in [3.05, 3.63) is 82.2 Å². The second kappa shape index (κ2) is 6.36. The van der Waals surface area contributed by atoms with Gasteiger partial charge in [-0.15, -0.1) is 0 Å². The van der Waals surface area contributed by atoms with Crippen LogP contribution in [0.2, 0.25) is 0 Å². The fraction of sp³-hybridized carbons (Fsp3) is 0.111. The van der Waals surface area contributed by atoms with E-state index in [0.29, 0.717) is 6.61 Å². The van der Waals surface area contributed by atoms with Crippen LogP contribution in [-0.4, -0.2) is 9.49 Å².